The molecule has 0 spiro atoms. The third-order valence-electron chi connectivity index (χ3n) is 3.11. The molecular formula is C12H21N5O. The standard InChI is InChI=1S/C12H21N5O/c1-8-14-11(13)5-12(15-8)17-7-10(18)4-9(17)6-16(2)3/h5,9-10,18H,4,6-7H2,1-3H3,(H2,13,14,15). The maximum atomic E-state index is 9.85. The number of rotatable bonds is 3. The van der Waals surface area contributed by atoms with E-state index in [4.69, 9.17) is 5.73 Å². The lowest BCUT2D eigenvalue weighted by molar-refractivity contribution is 0.191. The zero-order chi connectivity index (χ0) is 13.3. The van der Waals surface area contributed by atoms with E-state index in [-0.39, 0.29) is 12.1 Å². The highest BCUT2D eigenvalue weighted by Gasteiger charge is 2.32. The Morgan fingerprint density at radius 3 is 2.83 bits per heavy atom. The van der Waals surface area contributed by atoms with E-state index in [0.29, 0.717) is 18.2 Å². The summed E-state index contributed by atoms with van der Waals surface area (Å²) < 4.78 is 0. The highest BCUT2D eigenvalue weighted by molar-refractivity contribution is 5.49. The van der Waals surface area contributed by atoms with Crippen LogP contribution in [0.5, 0.6) is 0 Å². The maximum Gasteiger partial charge on any atom is 0.134 e. The lowest BCUT2D eigenvalue weighted by Gasteiger charge is -2.27. The molecule has 0 radical (unpaired) electrons. The van der Waals surface area contributed by atoms with Crippen molar-refractivity contribution in [2.45, 2.75) is 25.5 Å². The summed E-state index contributed by atoms with van der Waals surface area (Å²) in [5.74, 6) is 1.95. The summed E-state index contributed by atoms with van der Waals surface area (Å²) in [6.07, 6.45) is 0.465. The average molecular weight is 251 g/mol. The van der Waals surface area contributed by atoms with Crippen molar-refractivity contribution in [3.63, 3.8) is 0 Å². The Morgan fingerprint density at radius 2 is 2.22 bits per heavy atom. The molecule has 1 fully saturated rings. The quantitative estimate of drug-likeness (QED) is 0.779. The lowest BCUT2D eigenvalue weighted by atomic mass is 10.2. The van der Waals surface area contributed by atoms with E-state index >= 15 is 0 Å². The minimum absolute atomic E-state index is 0.267. The molecule has 0 saturated carbocycles. The van der Waals surface area contributed by atoms with Gasteiger partial charge in [-0.1, -0.05) is 0 Å². The van der Waals surface area contributed by atoms with Crippen LogP contribution >= 0.6 is 0 Å². The summed E-state index contributed by atoms with van der Waals surface area (Å²) in [6.45, 7) is 3.32. The number of aliphatic hydroxyl groups is 1. The van der Waals surface area contributed by atoms with Crippen LogP contribution in [0.4, 0.5) is 11.6 Å². The molecule has 0 aliphatic carbocycles. The van der Waals surface area contributed by atoms with Crippen molar-refractivity contribution in [3.05, 3.63) is 11.9 Å². The highest BCUT2D eigenvalue weighted by atomic mass is 16.3. The Labute approximate surface area is 107 Å². The Morgan fingerprint density at radius 1 is 1.50 bits per heavy atom. The van der Waals surface area contributed by atoms with Crippen LogP contribution in [0, 0.1) is 6.92 Å². The summed E-state index contributed by atoms with van der Waals surface area (Å²) in [5.41, 5.74) is 5.76. The second-order valence-electron chi connectivity index (χ2n) is 5.16. The molecule has 1 aliphatic rings. The fourth-order valence-electron chi connectivity index (χ4n) is 2.49. The smallest absolute Gasteiger partial charge is 0.134 e. The van der Waals surface area contributed by atoms with Crippen LogP contribution in [-0.2, 0) is 0 Å². The monoisotopic (exact) mass is 251 g/mol. The number of hydrogen-bond acceptors (Lipinski definition) is 6. The SMILES string of the molecule is Cc1nc(N)cc(N2CC(O)CC2CN(C)C)n1. The van der Waals surface area contributed by atoms with Gasteiger partial charge in [-0.2, -0.15) is 0 Å². The van der Waals surface area contributed by atoms with Crippen molar-refractivity contribution in [2.24, 2.45) is 0 Å². The molecule has 1 aromatic heterocycles. The van der Waals surface area contributed by atoms with Gasteiger partial charge in [-0.15, -0.1) is 0 Å². The Kier molecular flexibility index (Phi) is 3.68. The number of anilines is 2. The normalized spacial score (nSPS) is 23.9. The first-order chi connectivity index (χ1) is 8.45. The van der Waals surface area contributed by atoms with Gasteiger partial charge in [0.1, 0.15) is 17.5 Å². The Balaban J connectivity index is 2.23. The molecule has 0 amide bonds. The molecule has 3 N–H and O–H groups in total. The Hall–Kier alpha value is -1.40. The van der Waals surface area contributed by atoms with E-state index < -0.39 is 0 Å². The first-order valence-electron chi connectivity index (χ1n) is 6.16. The van der Waals surface area contributed by atoms with E-state index in [1.54, 1.807) is 6.07 Å². The van der Waals surface area contributed by atoms with Crippen LogP contribution in [0.3, 0.4) is 0 Å². The fourth-order valence-corrected chi connectivity index (χ4v) is 2.49. The molecule has 0 aromatic carbocycles. The summed E-state index contributed by atoms with van der Waals surface area (Å²) in [7, 11) is 4.06. The van der Waals surface area contributed by atoms with Crippen LogP contribution < -0.4 is 10.6 Å². The summed E-state index contributed by atoms with van der Waals surface area (Å²) in [5, 5.41) is 9.85. The predicted molar refractivity (Wildman–Crippen MR) is 71.5 cm³/mol. The third-order valence-corrected chi connectivity index (χ3v) is 3.11. The van der Waals surface area contributed by atoms with Crippen molar-refractivity contribution in [1.29, 1.82) is 0 Å². The molecule has 1 aliphatic heterocycles. The maximum absolute atomic E-state index is 9.85. The van der Waals surface area contributed by atoms with Gasteiger partial charge in [-0.25, -0.2) is 9.97 Å². The zero-order valence-electron chi connectivity index (χ0n) is 11.2. The van der Waals surface area contributed by atoms with Gasteiger partial charge in [-0.3, -0.25) is 0 Å². The highest BCUT2D eigenvalue weighted by Crippen LogP contribution is 2.25. The summed E-state index contributed by atoms with van der Waals surface area (Å²) >= 11 is 0. The number of nitrogens with two attached hydrogens (primary N) is 1. The van der Waals surface area contributed by atoms with Crippen LogP contribution in [-0.4, -0.2) is 59.3 Å². The molecule has 1 aromatic rings. The first-order valence-corrected chi connectivity index (χ1v) is 6.16. The van der Waals surface area contributed by atoms with Gasteiger partial charge in [0.15, 0.2) is 0 Å². The van der Waals surface area contributed by atoms with E-state index in [1.165, 1.54) is 0 Å². The number of aliphatic hydroxyl groups excluding tert-OH is 1. The number of β-amino-alcohol motifs (C(OH)–C–C–N with tert-alkyl or cyclic N) is 1. The van der Waals surface area contributed by atoms with Crippen molar-refractivity contribution in [1.82, 2.24) is 14.9 Å². The molecular weight excluding hydrogens is 230 g/mol. The van der Waals surface area contributed by atoms with Crippen LogP contribution in [0.25, 0.3) is 0 Å². The van der Waals surface area contributed by atoms with Gasteiger partial charge in [0.25, 0.3) is 0 Å². The minimum Gasteiger partial charge on any atom is -0.391 e. The van der Waals surface area contributed by atoms with Crippen molar-refractivity contribution >= 4 is 11.6 Å². The second kappa shape index (κ2) is 5.07. The number of aromatic nitrogens is 2. The fraction of sp³-hybridized carbons (Fsp3) is 0.667. The van der Waals surface area contributed by atoms with Crippen LogP contribution in [0.1, 0.15) is 12.2 Å². The molecule has 18 heavy (non-hydrogen) atoms. The third kappa shape index (κ3) is 2.88. The molecule has 2 rings (SSSR count). The molecule has 2 heterocycles. The van der Waals surface area contributed by atoms with Crippen LogP contribution in [0.2, 0.25) is 0 Å². The van der Waals surface area contributed by atoms with Crippen molar-refractivity contribution in [2.75, 3.05) is 37.8 Å². The lowest BCUT2D eigenvalue weighted by Crippen LogP contribution is -2.38. The molecule has 6 nitrogen and oxygen atoms in total. The molecule has 0 bridgehead atoms. The van der Waals surface area contributed by atoms with Gasteiger partial charge in [0.05, 0.1) is 6.10 Å². The van der Waals surface area contributed by atoms with Gasteiger partial charge in [0, 0.05) is 25.2 Å². The van der Waals surface area contributed by atoms with E-state index in [1.807, 2.05) is 21.0 Å². The van der Waals surface area contributed by atoms with Crippen molar-refractivity contribution < 1.29 is 5.11 Å². The Bertz CT molecular complexity index is 403. The van der Waals surface area contributed by atoms with E-state index in [0.717, 1.165) is 18.8 Å². The molecule has 1 saturated heterocycles. The topological polar surface area (TPSA) is 78.5 Å². The van der Waals surface area contributed by atoms with Gasteiger partial charge in [0.2, 0.25) is 0 Å². The summed E-state index contributed by atoms with van der Waals surface area (Å²) in [4.78, 5) is 12.7. The molecule has 100 valence electrons. The predicted octanol–water partition coefficient (Wildman–Crippen LogP) is -0.132. The average Bonchev–Trinajstić information content (AvgIpc) is 2.56. The number of hydrogen-bond donors (Lipinski definition) is 2. The second-order valence-corrected chi connectivity index (χ2v) is 5.16. The molecule has 2 atom stereocenters. The molecule has 2 unspecified atom stereocenters. The zero-order valence-corrected chi connectivity index (χ0v) is 11.2. The van der Waals surface area contributed by atoms with Crippen molar-refractivity contribution in [3.8, 4) is 0 Å². The number of aryl methyl sites for hydroxylation is 1. The number of nitrogen functional groups attached to an aromatic ring is 1. The first kappa shape index (κ1) is 13.0. The number of nitrogens with zero attached hydrogens (tertiary/aromatic N) is 4. The van der Waals surface area contributed by atoms with Crippen LogP contribution in [0.15, 0.2) is 6.07 Å². The van der Waals surface area contributed by atoms with E-state index in [9.17, 15) is 5.11 Å². The van der Waals surface area contributed by atoms with E-state index in [2.05, 4.69) is 19.8 Å². The van der Waals surface area contributed by atoms with Gasteiger partial charge < -0.3 is 20.6 Å². The largest absolute Gasteiger partial charge is 0.391 e. The van der Waals surface area contributed by atoms with Gasteiger partial charge in [-0.05, 0) is 27.4 Å². The molecule has 6 heteroatoms. The minimum atomic E-state index is -0.300. The number of likely N-dealkylation sites (N-methyl/N-ethyl adjacent to an activating group) is 1. The summed E-state index contributed by atoms with van der Waals surface area (Å²) in [6, 6.07) is 2.04. The van der Waals surface area contributed by atoms with Gasteiger partial charge >= 0.3 is 0 Å².